The van der Waals surface area contributed by atoms with E-state index >= 15 is 0 Å². The maximum atomic E-state index is 12.6. The van der Waals surface area contributed by atoms with Crippen LogP contribution in [-0.2, 0) is 9.59 Å². The fourth-order valence-electron chi connectivity index (χ4n) is 2.78. The van der Waals surface area contributed by atoms with Crippen LogP contribution in [0, 0.1) is 0 Å². The number of carbonyl (C=O) groups is 2. The normalized spacial score (nSPS) is 10.5. The maximum absolute atomic E-state index is 12.6. The number of carboxylic acid groups (broad SMARTS) is 1. The Kier molecular flexibility index (Phi) is 4.41. The van der Waals surface area contributed by atoms with Gasteiger partial charge in [0.2, 0.25) is 5.91 Å². The summed E-state index contributed by atoms with van der Waals surface area (Å²) < 4.78 is 1.02. The predicted molar refractivity (Wildman–Crippen MR) is 101 cm³/mol. The van der Waals surface area contributed by atoms with Crippen molar-refractivity contribution in [3.63, 3.8) is 0 Å². The highest BCUT2D eigenvalue weighted by molar-refractivity contribution is 6.08. The van der Waals surface area contributed by atoms with Crippen molar-refractivity contribution in [2.45, 2.75) is 6.92 Å². The van der Waals surface area contributed by atoms with E-state index < -0.39 is 11.5 Å². The molecule has 0 fully saturated rings. The summed E-state index contributed by atoms with van der Waals surface area (Å²) in [5.41, 5.74) is 1.65. The number of rotatable bonds is 4. The average molecular weight is 348 g/mol. The molecule has 1 amide bonds. The molecular formula is C20H16N2O4. The number of pyridine rings is 1. The molecule has 26 heavy (non-hydrogen) atoms. The van der Waals surface area contributed by atoms with Gasteiger partial charge in [-0.3, -0.25) is 14.2 Å². The summed E-state index contributed by atoms with van der Waals surface area (Å²) in [7, 11) is 0. The minimum atomic E-state index is -1.25. The number of aromatic nitrogens is 1. The fraction of sp³-hybridized carbons (Fsp3) is 0.0500. The molecule has 6 nitrogen and oxygen atoms in total. The Morgan fingerprint density at radius 3 is 2.35 bits per heavy atom. The van der Waals surface area contributed by atoms with Gasteiger partial charge in [0.05, 0.1) is 0 Å². The molecule has 0 spiro atoms. The van der Waals surface area contributed by atoms with Gasteiger partial charge in [0.1, 0.15) is 5.70 Å². The molecule has 0 saturated heterocycles. The van der Waals surface area contributed by atoms with Crippen molar-refractivity contribution in [2.24, 2.45) is 0 Å². The average Bonchev–Trinajstić information content (AvgIpc) is 2.61. The summed E-state index contributed by atoms with van der Waals surface area (Å²) in [4.78, 5) is 34.8. The zero-order chi connectivity index (χ0) is 18.8. The second kappa shape index (κ2) is 6.68. The molecule has 0 atom stereocenters. The van der Waals surface area contributed by atoms with E-state index in [1.165, 1.54) is 13.1 Å². The van der Waals surface area contributed by atoms with Crippen molar-refractivity contribution in [3.05, 3.63) is 71.7 Å². The van der Waals surface area contributed by atoms with E-state index in [0.29, 0.717) is 16.5 Å². The molecular weight excluding hydrogens is 332 g/mol. The van der Waals surface area contributed by atoms with Gasteiger partial charge in [-0.15, -0.1) is 0 Å². The van der Waals surface area contributed by atoms with E-state index in [1.54, 1.807) is 30.3 Å². The van der Waals surface area contributed by atoms with E-state index in [1.807, 2.05) is 18.2 Å². The molecule has 2 N–H and O–H groups in total. The van der Waals surface area contributed by atoms with Gasteiger partial charge in [-0.1, -0.05) is 30.8 Å². The van der Waals surface area contributed by atoms with Crippen LogP contribution in [0.25, 0.3) is 27.6 Å². The third kappa shape index (κ3) is 3.12. The molecule has 130 valence electrons. The van der Waals surface area contributed by atoms with Gasteiger partial charge in [0, 0.05) is 24.2 Å². The van der Waals surface area contributed by atoms with E-state index in [-0.39, 0.29) is 11.6 Å². The van der Waals surface area contributed by atoms with Crippen molar-refractivity contribution < 1.29 is 14.7 Å². The Morgan fingerprint density at radius 1 is 1.04 bits per heavy atom. The molecule has 0 bridgehead atoms. The van der Waals surface area contributed by atoms with Crippen molar-refractivity contribution in [3.8, 4) is 11.1 Å². The van der Waals surface area contributed by atoms with Gasteiger partial charge < -0.3 is 10.4 Å². The summed E-state index contributed by atoms with van der Waals surface area (Å²) in [6, 6.07) is 14.2. The second-order valence-electron chi connectivity index (χ2n) is 5.77. The molecule has 0 aliphatic carbocycles. The second-order valence-corrected chi connectivity index (χ2v) is 5.77. The fourth-order valence-corrected chi connectivity index (χ4v) is 2.78. The summed E-state index contributed by atoms with van der Waals surface area (Å²) in [6.45, 7) is 4.87. The van der Waals surface area contributed by atoms with Gasteiger partial charge in [-0.25, -0.2) is 4.79 Å². The van der Waals surface area contributed by atoms with Gasteiger partial charge in [-0.05, 0) is 40.8 Å². The molecule has 3 rings (SSSR count). The van der Waals surface area contributed by atoms with Crippen LogP contribution >= 0.6 is 0 Å². The van der Waals surface area contributed by atoms with Crippen LogP contribution in [0.1, 0.15) is 6.92 Å². The zero-order valence-corrected chi connectivity index (χ0v) is 14.0. The first-order valence-corrected chi connectivity index (χ1v) is 7.83. The third-order valence-corrected chi connectivity index (χ3v) is 4.00. The number of nitrogens with zero attached hydrogens (tertiary/aromatic N) is 1. The number of nitrogens with one attached hydrogen (secondary N) is 1. The molecule has 0 unspecified atom stereocenters. The third-order valence-electron chi connectivity index (χ3n) is 4.00. The quantitative estimate of drug-likeness (QED) is 0.709. The molecule has 1 aromatic heterocycles. The molecule has 6 heteroatoms. The number of aliphatic carboxylic acids is 1. The SMILES string of the molecule is C=C(C(=O)O)n1ccc2c(-c3ccc(NC(C)=O)cc3)cccc2c1=O. The van der Waals surface area contributed by atoms with Gasteiger partial charge >= 0.3 is 5.97 Å². The van der Waals surface area contributed by atoms with E-state index in [0.717, 1.165) is 15.7 Å². The largest absolute Gasteiger partial charge is 0.477 e. The first-order chi connectivity index (χ1) is 12.4. The number of benzene rings is 2. The highest BCUT2D eigenvalue weighted by Crippen LogP contribution is 2.28. The van der Waals surface area contributed by atoms with Crippen LogP contribution in [0.5, 0.6) is 0 Å². The lowest BCUT2D eigenvalue weighted by atomic mass is 9.99. The van der Waals surface area contributed by atoms with E-state index in [4.69, 9.17) is 5.11 Å². The number of fused-ring (bicyclic) bond motifs is 1. The van der Waals surface area contributed by atoms with Crippen molar-refractivity contribution in [1.82, 2.24) is 4.57 Å². The van der Waals surface area contributed by atoms with Crippen LogP contribution in [-0.4, -0.2) is 21.6 Å². The highest BCUT2D eigenvalue weighted by atomic mass is 16.4. The molecule has 0 saturated carbocycles. The van der Waals surface area contributed by atoms with Crippen LogP contribution in [0.3, 0.4) is 0 Å². The number of amides is 1. The minimum Gasteiger partial charge on any atom is -0.477 e. The molecule has 3 aromatic rings. The predicted octanol–water partition coefficient (Wildman–Crippen LogP) is 3.18. The summed E-state index contributed by atoms with van der Waals surface area (Å²) in [6.07, 6.45) is 1.41. The molecule has 1 heterocycles. The van der Waals surface area contributed by atoms with Crippen LogP contribution in [0.15, 0.2) is 66.1 Å². The smallest absolute Gasteiger partial charge is 0.352 e. The van der Waals surface area contributed by atoms with Gasteiger partial charge in [-0.2, -0.15) is 0 Å². The lowest BCUT2D eigenvalue weighted by Crippen LogP contribution is -2.22. The molecule has 2 aromatic carbocycles. The first-order valence-electron chi connectivity index (χ1n) is 7.83. The van der Waals surface area contributed by atoms with E-state index in [2.05, 4.69) is 11.9 Å². The lowest BCUT2D eigenvalue weighted by molar-refractivity contribution is -0.130. The first kappa shape index (κ1) is 17.2. The Morgan fingerprint density at radius 2 is 1.73 bits per heavy atom. The number of anilines is 1. The number of hydrogen-bond donors (Lipinski definition) is 2. The Labute approximate surface area is 149 Å². The Bertz CT molecular complexity index is 1090. The minimum absolute atomic E-state index is 0.151. The molecule has 0 aliphatic heterocycles. The van der Waals surface area contributed by atoms with Crippen molar-refractivity contribution in [1.29, 1.82) is 0 Å². The van der Waals surface area contributed by atoms with Crippen molar-refractivity contribution in [2.75, 3.05) is 5.32 Å². The monoisotopic (exact) mass is 348 g/mol. The van der Waals surface area contributed by atoms with Crippen LogP contribution in [0.4, 0.5) is 5.69 Å². The number of carbonyl (C=O) groups excluding carboxylic acids is 1. The van der Waals surface area contributed by atoms with Gasteiger partial charge in [0.25, 0.3) is 5.56 Å². The Hall–Kier alpha value is -3.67. The van der Waals surface area contributed by atoms with Gasteiger partial charge in [0.15, 0.2) is 0 Å². The summed E-state index contributed by atoms with van der Waals surface area (Å²) in [5, 5.41) is 12.9. The molecule has 0 aliphatic rings. The number of carboxylic acids is 1. The van der Waals surface area contributed by atoms with E-state index in [9.17, 15) is 14.4 Å². The Balaban J connectivity index is 2.12. The standard InChI is InChI=1S/C20H16N2O4/c1-12(20(25)26)22-11-10-17-16(4-3-5-18(17)19(22)24)14-6-8-15(9-7-14)21-13(2)23/h3-11H,1H2,2H3,(H,21,23)(H,25,26). The number of hydrogen-bond acceptors (Lipinski definition) is 3. The topological polar surface area (TPSA) is 88.4 Å². The highest BCUT2D eigenvalue weighted by Gasteiger charge is 2.13. The lowest BCUT2D eigenvalue weighted by Gasteiger charge is -2.11. The van der Waals surface area contributed by atoms with Crippen LogP contribution in [0.2, 0.25) is 0 Å². The molecule has 0 radical (unpaired) electrons. The van der Waals surface area contributed by atoms with Crippen molar-refractivity contribution >= 4 is 34.0 Å². The maximum Gasteiger partial charge on any atom is 0.352 e. The summed E-state index contributed by atoms with van der Waals surface area (Å²) in [5.74, 6) is -1.40. The zero-order valence-electron chi connectivity index (χ0n) is 14.0. The summed E-state index contributed by atoms with van der Waals surface area (Å²) >= 11 is 0. The van der Waals surface area contributed by atoms with Crippen LogP contribution < -0.4 is 10.9 Å².